The van der Waals surface area contributed by atoms with E-state index in [0.29, 0.717) is 41.0 Å². The van der Waals surface area contributed by atoms with Gasteiger partial charge in [0.05, 0.1) is 49.4 Å². The van der Waals surface area contributed by atoms with Crippen LogP contribution in [0.15, 0.2) is 36.4 Å². The van der Waals surface area contributed by atoms with Gasteiger partial charge in [0, 0.05) is 19.2 Å². The molecular formula is C19H21ClN2O4. The van der Waals surface area contributed by atoms with Gasteiger partial charge in [0.2, 0.25) is 0 Å². The molecule has 0 aromatic heterocycles. The minimum atomic E-state index is -0.277. The number of nitrogens with one attached hydrogen (secondary N) is 1. The molecule has 2 aromatic rings. The maximum Gasteiger partial charge on any atom is 0.259 e. The van der Waals surface area contributed by atoms with E-state index in [4.69, 9.17) is 25.8 Å². The Kier molecular flexibility index (Phi) is 5.85. The molecule has 1 N–H and O–H groups in total. The highest BCUT2D eigenvalue weighted by Gasteiger charge is 2.20. The second kappa shape index (κ2) is 8.29. The molecule has 0 saturated carbocycles. The molecule has 2 aromatic carbocycles. The Morgan fingerprint density at radius 2 is 1.92 bits per heavy atom. The molecule has 138 valence electrons. The average molecular weight is 377 g/mol. The van der Waals surface area contributed by atoms with Gasteiger partial charge >= 0.3 is 0 Å². The Labute approximate surface area is 157 Å². The molecule has 26 heavy (non-hydrogen) atoms. The van der Waals surface area contributed by atoms with Crippen LogP contribution in [0, 0.1) is 0 Å². The molecule has 0 radical (unpaired) electrons. The molecule has 0 bridgehead atoms. The van der Waals surface area contributed by atoms with Crippen LogP contribution < -0.4 is 19.7 Å². The number of ether oxygens (including phenoxy) is 3. The summed E-state index contributed by atoms with van der Waals surface area (Å²) in [5, 5.41) is 3.54. The van der Waals surface area contributed by atoms with Crippen molar-refractivity contribution in [3.05, 3.63) is 47.0 Å². The van der Waals surface area contributed by atoms with Gasteiger partial charge in [-0.15, -0.1) is 0 Å². The van der Waals surface area contributed by atoms with Crippen LogP contribution >= 0.6 is 11.6 Å². The Balaban J connectivity index is 1.89. The van der Waals surface area contributed by atoms with Crippen molar-refractivity contribution in [2.45, 2.75) is 0 Å². The quantitative estimate of drug-likeness (QED) is 0.866. The SMILES string of the molecule is COc1ccc(C(=O)Nc2cccc(Cl)c2N2CCOCC2)c(OC)c1. The second-order valence-corrected chi connectivity index (χ2v) is 6.16. The van der Waals surface area contributed by atoms with Gasteiger partial charge in [-0.1, -0.05) is 17.7 Å². The summed E-state index contributed by atoms with van der Waals surface area (Å²) in [6, 6.07) is 10.5. The number of carbonyl (C=O) groups is 1. The molecule has 0 spiro atoms. The summed E-state index contributed by atoms with van der Waals surface area (Å²) in [4.78, 5) is 14.9. The zero-order valence-electron chi connectivity index (χ0n) is 14.8. The van der Waals surface area contributed by atoms with Gasteiger partial charge in [0.1, 0.15) is 11.5 Å². The number of rotatable bonds is 5. The van der Waals surface area contributed by atoms with E-state index < -0.39 is 0 Å². The van der Waals surface area contributed by atoms with E-state index in [-0.39, 0.29) is 5.91 Å². The van der Waals surface area contributed by atoms with Crippen LogP contribution in [0.25, 0.3) is 0 Å². The summed E-state index contributed by atoms with van der Waals surface area (Å²) in [5.41, 5.74) is 1.88. The van der Waals surface area contributed by atoms with Crippen molar-refractivity contribution in [2.75, 3.05) is 50.7 Å². The lowest BCUT2D eigenvalue weighted by Gasteiger charge is -2.31. The molecular weight excluding hydrogens is 356 g/mol. The van der Waals surface area contributed by atoms with Crippen LogP contribution in [-0.4, -0.2) is 46.4 Å². The molecule has 1 aliphatic rings. The Hall–Kier alpha value is -2.44. The number of nitrogens with zero attached hydrogens (tertiary/aromatic N) is 1. The fraction of sp³-hybridized carbons (Fsp3) is 0.316. The van der Waals surface area contributed by atoms with Crippen LogP contribution in [0.4, 0.5) is 11.4 Å². The molecule has 1 saturated heterocycles. The number of methoxy groups -OCH3 is 2. The van der Waals surface area contributed by atoms with E-state index in [2.05, 4.69) is 10.2 Å². The summed E-state index contributed by atoms with van der Waals surface area (Å²) in [6.45, 7) is 2.70. The highest BCUT2D eigenvalue weighted by atomic mass is 35.5. The molecule has 1 fully saturated rings. The topological polar surface area (TPSA) is 60.0 Å². The highest BCUT2D eigenvalue weighted by Crippen LogP contribution is 2.35. The molecule has 1 aliphatic heterocycles. The lowest BCUT2D eigenvalue weighted by Crippen LogP contribution is -2.37. The van der Waals surface area contributed by atoms with E-state index in [1.807, 2.05) is 18.2 Å². The first-order valence-electron chi connectivity index (χ1n) is 8.28. The average Bonchev–Trinajstić information content (AvgIpc) is 2.68. The van der Waals surface area contributed by atoms with Gasteiger partial charge in [-0.2, -0.15) is 0 Å². The van der Waals surface area contributed by atoms with Gasteiger partial charge < -0.3 is 24.4 Å². The van der Waals surface area contributed by atoms with Crippen LogP contribution in [0.1, 0.15) is 10.4 Å². The van der Waals surface area contributed by atoms with Crippen LogP contribution in [0.2, 0.25) is 5.02 Å². The van der Waals surface area contributed by atoms with Crippen molar-refractivity contribution in [1.29, 1.82) is 0 Å². The molecule has 6 nitrogen and oxygen atoms in total. The molecule has 0 aliphatic carbocycles. The summed E-state index contributed by atoms with van der Waals surface area (Å²) >= 11 is 6.42. The first-order valence-corrected chi connectivity index (χ1v) is 8.66. The molecule has 1 heterocycles. The van der Waals surface area contributed by atoms with E-state index >= 15 is 0 Å². The number of anilines is 2. The molecule has 7 heteroatoms. The smallest absolute Gasteiger partial charge is 0.259 e. The standard InChI is InChI=1S/C19H21ClN2O4/c1-24-13-6-7-14(17(12-13)25-2)19(23)21-16-5-3-4-15(20)18(16)22-8-10-26-11-9-22/h3-7,12H,8-11H2,1-2H3,(H,21,23). The first kappa shape index (κ1) is 18.4. The summed E-state index contributed by atoms with van der Waals surface area (Å²) in [6.07, 6.45) is 0. The minimum Gasteiger partial charge on any atom is -0.497 e. The largest absolute Gasteiger partial charge is 0.497 e. The van der Waals surface area contributed by atoms with E-state index in [9.17, 15) is 4.79 Å². The number of para-hydroxylation sites is 1. The molecule has 0 atom stereocenters. The lowest BCUT2D eigenvalue weighted by molar-refractivity contribution is 0.102. The van der Waals surface area contributed by atoms with E-state index in [0.717, 1.165) is 18.8 Å². The third-order valence-electron chi connectivity index (χ3n) is 4.22. The number of benzene rings is 2. The van der Waals surface area contributed by atoms with Gasteiger partial charge in [-0.3, -0.25) is 4.79 Å². The number of hydrogen-bond acceptors (Lipinski definition) is 5. The highest BCUT2D eigenvalue weighted by molar-refractivity contribution is 6.34. The Morgan fingerprint density at radius 3 is 2.62 bits per heavy atom. The minimum absolute atomic E-state index is 0.277. The van der Waals surface area contributed by atoms with E-state index in [1.54, 1.807) is 25.3 Å². The summed E-state index contributed by atoms with van der Waals surface area (Å²) in [7, 11) is 3.08. The van der Waals surface area contributed by atoms with Gasteiger partial charge in [0.25, 0.3) is 5.91 Å². The molecule has 3 rings (SSSR count). The van der Waals surface area contributed by atoms with Crippen LogP contribution in [-0.2, 0) is 4.74 Å². The third-order valence-corrected chi connectivity index (χ3v) is 4.52. The maximum atomic E-state index is 12.8. The second-order valence-electron chi connectivity index (χ2n) is 5.76. The predicted octanol–water partition coefficient (Wildman–Crippen LogP) is 3.45. The first-order chi connectivity index (χ1) is 12.6. The van der Waals surface area contributed by atoms with Crippen LogP contribution in [0.5, 0.6) is 11.5 Å². The fourth-order valence-corrected chi connectivity index (χ4v) is 3.19. The number of morpholine rings is 1. The lowest BCUT2D eigenvalue weighted by atomic mass is 10.1. The third kappa shape index (κ3) is 3.86. The van der Waals surface area contributed by atoms with Gasteiger partial charge in [0.15, 0.2) is 0 Å². The number of hydrogen-bond donors (Lipinski definition) is 1. The summed E-state index contributed by atoms with van der Waals surface area (Å²) in [5.74, 6) is 0.785. The Bertz CT molecular complexity index is 791. The zero-order chi connectivity index (χ0) is 18.5. The van der Waals surface area contributed by atoms with Crippen molar-refractivity contribution in [2.24, 2.45) is 0 Å². The van der Waals surface area contributed by atoms with E-state index in [1.165, 1.54) is 7.11 Å². The van der Waals surface area contributed by atoms with Crippen molar-refractivity contribution < 1.29 is 19.0 Å². The zero-order valence-corrected chi connectivity index (χ0v) is 15.5. The van der Waals surface area contributed by atoms with Crippen LogP contribution in [0.3, 0.4) is 0 Å². The molecule has 1 amide bonds. The van der Waals surface area contributed by atoms with Crippen molar-refractivity contribution >= 4 is 28.9 Å². The van der Waals surface area contributed by atoms with Gasteiger partial charge in [-0.25, -0.2) is 0 Å². The maximum absolute atomic E-state index is 12.8. The predicted molar refractivity (Wildman–Crippen MR) is 102 cm³/mol. The van der Waals surface area contributed by atoms with Crippen molar-refractivity contribution in [3.63, 3.8) is 0 Å². The monoisotopic (exact) mass is 376 g/mol. The Morgan fingerprint density at radius 1 is 1.15 bits per heavy atom. The fourth-order valence-electron chi connectivity index (χ4n) is 2.90. The summed E-state index contributed by atoms with van der Waals surface area (Å²) < 4.78 is 15.9. The number of carbonyl (C=O) groups excluding carboxylic acids is 1. The van der Waals surface area contributed by atoms with Crippen molar-refractivity contribution in [1.82, 2.24) is 0 Å². The van der Waals surface area contributed by atoms with Crippen molar-refractivity contribution in [3.8, 4) is 11.5 Å². The normalized spacial score (nSPS) is 14.0. The number of amides is 1. The molecule has 0 unspecified atom stereocenters. The van der Waals surface area contributed by atoms with Gasteiger partial charge in [-0.05, 0) is 24.3 Å². The number of halogens is 1.